The molecule has 0 saturated heterocycles. The molecule has 0 bridgehead atoms. The summed E-state index contributed by atoms with van der Waals surface area (Å²) in [7, 11) is 3.74. The van der Waals surface area contributed by atoms with Crippen LogP contribution >= 0.6 is 11.3 Å². The first-order chi connectivity index (χ1) is 11.2. The van der Waals surface area contributed by atoms with Gasteiger partial charge in [0, 0.05) is 32.5 Å². The summed E-state index contributed by atoms with van der Waals surface area (Å²) in [6.07, 6.45) is 3.33. The normalized spacial score (nSPS) is 11.3. The van der Waals surface area contributed by atoms with Crippen LogP contribution in [0.1, 0.15) is 5.69 Å². The van der Waals surface area contributed by atoms with Gasteiger partial charge in [-0.05, 0) is 19.2 Å². The van der Waals surface area contributed by atoms with E-state index in [1.807, 2.05) is 25.2 Å². The van der Waals surface area contributed by atoms with Gasteiger partial charge in [-0.25, -0.2) is 19.9 Å². The predicted octanol–water partition coefficient (Wildman–Crippen LogP) is 2.30. The van der Waals surface area contributed by atoms with Crippen molar-refractivity contribution in [3.63, 3.8) is 0 Å². The molecule has 0 spiro atoms. The number of hydrogen-bond acceptors (Lipinski definition) is 8. The second-order valence-electron chi connectivity index (χ2n) is 5.10. The third-order valence-corrected chi connectivity index (χ3v) is 4.13. The third kappa shape index (κ3) is 4.19. The number of thiazole rings is 1. The number of anilines is 2. The molecule has 0 aliphatic carbocycles. The Bertz CT molecular complexity index is 744. The van der Waals surface area contributed by atoms with E-state index in [-0.39, 0.29) is 0 Å². The van der Waals surface area contributed by atoms with Crippen molar-refractivity contribution in [3.05, 3.63) is 36.4 Å². The molecule has 0 aliphatic rings. The Labute approximate surface area is 138 Å². The molecule has 0 saturated carbocycles. The SMILES string of the molecule is COCCN(C)Cc1cc(Nc2nc3cccnc3s2)ncn1. The molecule has 0 unspecified atom stereocenters. The van der Waals surface area contributed by atoms with Gasteiger partial charge in [-0.15, -0.1) is 0 Å². The Morgan fingerprint density at radius 2 is 2.22 bits per heavy atom. The van der Waals surface area contributed by atoms with Crippen molar-refractivity contribution in [2.45, 2.75) is 6.54 Å². The molecule has 3 aromatic rings. The summed E-state index contributed by atoms with van der Waals surface area (Å²) in [4.78, 5) is 20.4. The number of likely N-dealkylation sites (N-methyl/N-ethyl adjacent to an activating group) is 1. The number of rotatable bonds is 7. The molecule has 3 heterocycles. The molecule has 0 aromatic carbocycles. The summed E-state index contributed by atoms with van der Waals surface area (Å²) in [6.45, 7) is 2.29. The molecule has 0 atom stereocenters. The summed E-state index contributed by atoms with van der Waals surface area (Å²) in [5, 5.41) is 4.00. The van der Waals surface area contributed by atoms with Gasteiger partial charge in [-0.1, -0.05) is 11.3 Å². The van der Waals surface area contributed by atoms with Crippen molar-refractivity contribution in [1.82, 2.24) is 24.8 Å². The Morgan fingerprint density at radius 1 is 1.30 bits per heavy atom. The standard InChI is InChI=1S/C15H18N6OS/c1-21(6-7-22-2)9-11-8-13(18-10-17-11)20-15-19-12-4-3-5-16-14(12)23-15/h3-5,8,10H,6-7,9H2,1-2H3,(H,17,18,19,20). The number of hydrogen-bond donors (Lipinski definition) is 1. The fraction of sp³-hybridized carbons (Fsp3) is 0.333. The van der Waals surface area contributed by atoms with Crippen molar-refractivity contribution in [3.8, 4) is 0 Å². The average molecular weight is 330 g/mol. The van der Waals surface area contributed by atoms with Crippen LogP contribution in [-0.2, 0) is 11.3 Å². The number of pyridine rings is 1. The lowest BCUT2D eigenvalue weighted by molar-refractivity contribution is 0.158. The van der Waals surface area contributed by atoms with Crippen LogP contribution in [0.5, 0.6) is 0 Å². The molecule has 0 fully saturated rings. The molecule has 0 aliphatic heterocycles. The molecular formula is C15H18N6OS. The molecular weight excluding hydrogens is 312 g/mol. The number of ether oxygens (including phenoxy) is 1. The monoisotopic (exact) mass is 330 g/mol. The lowest BCUT2D eigenvalue weighted by atomic mass is 10.3. The number of nitrogens with zero attached hydrogens (tertiary/aromatic N) is 5. The van der Waals surface area contributed by atoms with Crippen LogP contribution in [0.2, 0.25) is 0 Å². The van der Waals surface area contributed by atoms with Gasteiger partial charge in [-0.3, -0.25) is 4.90 Å². The summed E-state index contributed by atoms with van der Waals surface area (Å²) in [6, 6.07) is 5.76. The number of fused-ring (bicyclic) bond motifs is 1. The highest BCUT2D eigenvalue weighted by Gasteiger charge is 2.07. The zero-order valence-corrected chi connectivity index (χ0v) is 13.9. The second-order valence-corrected chi connectivity index (χ2v) is 6.07. The highest BCUT2D eigenvalue weighted by molar-refractivity contribution is 7.21. The van der Waals surface area contributed by atoms with Gasteiger partial charge in [-0.2, -0.15) is 0 Å². The topological polar surface area (TPSA) is 76.1 Å². The van der Waals surface area contributed by atoms with Gasteiger partial charge >= 0.3 is 0 Å². The van der Waals surface area contributed by atoms with E-state index in [2.05, 4.69) is 30.2 Å². The van der Waals surface area contributed by atoms with Crippen LogP contribution in [0.15, 0.2) is 30.7 Å². The Morgan fingerprint density at radius 3 is 3.04 bits per heavy atom. The fourth-order valence-corrected chi connectivity index (χ4v) is 2.90. The second kappa shape index (κ2) is 7.40. The number of aromatic nitrogens is 4. The molecule has 23 heavy (non-hydrogen) atoms. The van der Waals surface area contributed by atoms with Crippen LogP contribution in [0.3, 0.4) is 0 Å². The van der Waals surface area contributed by atoms with Crippen LogP contribution in [0, 0.1) is 0 Å². The zero-order chi connectivity index (χ0) is 16.1. The lowest BCUT2D eigenvalue weighted by Gasteiger charge is -2.15. The van der Waals surface area contributed by atoms with E-state index in [1.54, 1.807) is 19.6 Å². The quantitative estimate of drug-likeness (QED) is 0.712. The first-order valence-corrected chi connectivity index (χ1v) is 8.03. The largest absolute Gasteiger partial charge is 0.383 e. The van der Waals surface area contributed by atoms with E-state index >= 15 is 0 Å². The Kier molecular flexibility index (Phi) is 5.06. The first kappa shape index (κ1) is 15.7. The van der Waals surface area contributed by atoms with Crippen molar-refractivity contribution < 1.29 is 4.74 Å². The van der Waals surface area contributed by atoms with Crippen molar-refractivity contribution in [2.24, 2.45) is 0 Å². The molecule has 120 valence electrons. The number of nitrogens with one attached hydrogen (secondary N) is 1. The van der Waals surface area contributed by atoms with Gasteiger partial charge < -0.3 is 10.1 Å². The highest BCUT2D eigenvalue weighted by atomic mass is 32.1. The Hall–Kier alpha value is -2.16. The number of methoxy groups -OCH3 is 1. The van der Waals surface area contributed by atoms with E-state index in [0.717, 1.165) is 40.1 Å². The average Bonchev–Trinajstić information content (AvgIpc) is 2.95. The van der Waals surface area contributed by atoms with Crippen LogP contribution in [0.4, 0.5) is 10.9 Å². The molecule has 0 amide bonds. The summed E-state index contributed by atoms with van der Waals surface area (Å²) < 4.78 is 5.08. The minimum atomic E-state index is 0.700. The highest BCUT2D eigenvalue weighted by Crippen LogP contribution is 2.25. The van der Waals surface area contributed by atoms with Gasteiger partial charge in [0.25, 0.3) is 0 Å². The molecule has 3 aromatic heterocycles. The lowest BCUT2D eigenvalue weighted by Crippen LogP contribution is -2.22. The van der Waals surface area contributed by atoms with Gasteiger partial charge in [0.05, 0.1) is 12.3 Å². The minimum Gasteiger partial charge on any atom is -0.383 e. The summed E-state index contributed by atoms with van der Waals surface area (Å²) >= 11 is 1.50. The molecule has 0 radical (unpaired) electrons. The van der Waals surface area contributed by atoms with E-state index in [0.29, 0.717) is 6.61 Å². The smallest absolute Gasteiger partial charge is 0.190 e. The Balaban J connectivity index is 1.69. The third-order valence-electron chi connectivity index (χ3n) is 3.23. The van der Waals surface area contributed by atoms with Gasteiger partial charge in [0.1, 0.15) is 22.5 Å². The van der Waals surface area contributed by atoms with Crippen LogP contribution in [0.25, 0.3) is 10.3 Å². The fourth-order valence-electron chi connectivity index (χ4n) is 2.09. The van der Waals surface area contributed by atoms with Crippen molar-refractivity contribution >= 4 is 32.6 Å². The first-order valence-electron chi connectivity index (χ1n) is 7.21. The van der Waals surface area contributed by atoms with Crippen LogP contribution in [-0.4, -0.2) is 52.1 Å². The van der Waals surface area contributed by atoms with Gasteiger partial charge in [0.2, 0.25) is 0 Å². The van der Waals surface area contributed by atoms with E-state index < -0.39 is 0 Å². The molecule has 7 nitrogen and oxygen atoms in total. The summed E-state index contributed by atoms with van der Waals surface area (Å²) in [5.41, 5.74) is 1.83. The van der Waals surface area contributed by atoms with Crippen molar-refractivity contribution in [2.75, 3.05) is 32.6 Å². The van der Waals surface area contributed by atoms with E-state index in [1.165, 1.54) is 11.3 Å². The van der Waals surface area contributed by atoms with Crippen molar-refractivity contribution in [1.29, 1.82) is 0 Å². The molecule has 8 heteroatoms. The van der Waals surface area contributed by atoms with E-state index in [4.69, 9.17) is 4.74 Å². The molecule has 3 rings (SSSR count). The van der Waals surface area contributed by atoms with Gasteiger partial charge in [0.15, 0.2) is 5.13 Å². The molecule has 1 N–H and O–H groups in total. The zero-order valence-electron chi connectivity index (χ0n) is 13.1. The van der Waals surface area contributed by atoms with E-state index in [9.17, 15) is 0 Å². The predicted molar refractivity (Wildman–Crippen MR) is 90.9 cm³/mol. The maximum atomic E-state index is 5.08. The maximum Gasteiger partial charge on any atom is 0.190 e. The minimum absolute atomic E-state index is 0.700. The van der Waals surface area contributed by atoms with Crippen LogP contribution < -0.4 is 5.32 Å². The summed E-state index contributed by atoms with van der Waals surface area (Å²) in [5.74, 6) is 0.731. The maximum absolute atomic E-state index is 5.08.